The van der Waals surface area contributed by atoms with Crippen LogP contribution >= 0.6 is 0 Å². The standard InChI is InChI=1S/C13H18N4O/c1-9-15-5-11(6-16-9)13(18)17-7-10-3-2-4-14-12(10)8-17/h5-6,10,12,14H,2-4,7-8H2,1H3/t10-,12+/m0/s1. The molecule has 5 heteroatoms. The van der Waals surface area contributed by atoms with Crippen molar-refractivity contribution in [3.63, 3.8) is 0 Å². The minimum atomic E-state index is 0.0613. The summed E-state index contributed by atoms with van der Waals surface area (Å²) in [6.45, 7) is 4.58. The minimum absolute atomic E-state index is 0.0613. The summed E-state index contributed by atoms with van der Waals surface area (Å²) >= 11 is 0. The first kappa shape index (κ1) is 11.6. The summed E-state index contributed by atoms with van der Waals surface area (Å²) < 4.78 is 0. The first-order valence-corrected chi connectivity index (χ1v) is 6.55. The maximum Gasteiger partial charge on any atom is 0.257 e. The van der Waals surface area contributed by atoms with Gasteiger partial charge < -0.3 is 10.2 Å². The Bertz CT molecular complexity index is 431. The number of fused-ring (bicyclic) bond motifs is 1. The molecule has 0 aromatic carbocycles. The number of hydrogen-bond donors (Lipinski definition) is 1. The Morgan fingerprint density at radius 3 is 2.89 bits per heavy atom. The smallest absolute Gasteiger partial charge is 0.257 e. The fourth-order valence-electron chi connectivity index (χ4n) is 2.90. The molecule has 0 unspecified atom stereocenters. The van der Waals surface area contributed by atoms with Crippen LogP contribution in [0.25, 0.3) is 0 Å². The molecule has 1 amide bonds. The highest BCUT2D eigenvalue weighted by Crippen LogP contribution is 2.25. The molecular formula is C13H18N4O. The normalized spacial score (nSPS) is 27.1. The first-order valence-electron chi connectivity index (χ1n) is 6.55. The van der Waals surface area contributed by atoms with Gasteiger partial charge in [0.25, 0.3) is 5.91 Å². The van der Waals surface area contributed by atoms with Gasteiger partial charge in [-0.2, -0.15) is 0 Å². The van der Waals surface area contributed by atoms with Crippen molar-refractivity contribution in [2.75, 3.05) is 19.6 Å². The van der Waals surface area contributed by atoms with E-state index in [4.69, 9.17) is 0 Å². The Morgan fingerprint density at radius 1 is 1.39 bits per heavy atom. The molecule has 0 aliphatic carbocycles. The van der Waals surface area contributed by atoms with Gasteiger partial charge >= 0.3 is 0 Å². The highest BCUT2D eigenvalue weighted by molar-refractivity contribution is 5.93. The van der Waals surface area contributed by atoms with Gasteiger partial charge in [-0.3, -0.25) is 4.79 Å². The van der Waals surface area contributed by atoms with Gasteiger partial charge in [0, 0.05) is 31.5 Å². The number of rotatable bonds is 1. The van der Waals surface area contributed by atoms with Crippen molar-refractivity contribution in [3.05, 3.63) is 23.8 Å². The zero-order chi connectivity index (χ0) is 12.5. The molecule has 18 heavy (non-hydrogen) atoms. The molecule has 1 aromatic rings. The van der Waals surface area contributed by atoms with Gasteiger partial charge in [0.05, 0.1) is 5.56 Å². The summed E-state index contributed by atoms with van der Waals surface area (Å²) in [5.41, 5.74) is 0.597. The van der Waals surface area contributed by atoms with E-state index in [1.807, 2.05) is 11.8 Å². The molecule has 0 bridgehead atoms. The molecule has 1 aromatic heterocycles. The van der Waals surface area contributed by atoms with Crippen molar-refractivity contribution in [2.24, 2.45) is 5.92 Å². The maximum absolute atomic E-state index is 12.3. The number of likely N-dealkylation sites (tertiary alicyclic amines) is 1. The zero-order valence-corrected chi connectivity index (χ0v) is 10.6. The summed E-state index contributed by atoms with van der Waals surface area (Å²) in [5, 5.41) is 3.50. The van der Waals surface area contributed by atoms with E-state index in [-0.39, 0.29) is 5.91 Å². The number of carbonyl (C=O) groups is 1. The van der Waals surface area contributed by atoms with E-state index >= 15 is 0 Å². The molecule has 3 heterocycles. The summed E-state index contributed by atoms with van der Waals surface area (Å²) in [7, 11) is 0. The van der Waals surface area contributed by atoms with Gasteiger partial charge in [-0.15, -0.1) is 0 Å². The molecule has 0 saturated carbocycles. The SMILES string of the molecule is Cc1ncc(C(=O)N2C[C@@H]3CCCN[C@@H]3C2)cn1. The van der Waals surface area contributed by atoms with Crippen molar-refractivity contribution >= 4 is 5.91 Å². The number of carbonyl (C=O) groups excluding carboxylic acids is 1. The van der Waals surface area contributed by atoms with E-state index in [0.29, 0.717) is 23.3 Å². The number of amides is 1. The summed E-state index contributed by atoms with van der Waals surface area (Å²) in [6, 6.07) is 0.481. The van der Waals surface area contributed by atoms with E-state index in [1.165, 1.54) is 12.8 Å². The Hall–Kier alpha value is -1.49. The van der Waals surface area contributed by atoms with Gasteiger partial charge in [0.15, 0.2) is 0 Å². The van der Waals surface area contributed by atoms with Crippen LogP contribution in [0.4, 0.5) is 0 Å². The van der Waals surface area contributed by atoms with E-state index in [9.17, 15) is 4.79 Å². The average Bonchev–Trinajstić information content (AvgIpc) is 2.82. The topological polar surface area (TPSA) is 58.1 Å². The van der Waals surface area contributed by atoms with Crippen LogP contribution in [0.5, 0.6) is 0 Å². The highest BCUT2D eigenvalue weighted by atomic mass is 16.2. The lowest BCUT2D eigenvalue weighted by Crippen LogP contribution is -2.41. The predicted molar refractivity (Wildman–Crippen MR) is 67.2 cm³/mol. The highest BCUT2D eigenvalue weighted by Gasteiger charge is 2.36. The molecule has 2 aliphatic rings. The molecule has 5 nitrogen and oxygen atoms in total. The van der Waals surface area contributed by atoms with Crippen LogP contribution < -0.4 is 5.32 Å². The monoisotopic (exact) mass is 246 g/mol. The Morgan fingerprint density at radius 2 is 2.17 bits per heavy atom. The molecule has 0 radical (unpaired) electrons. The number of aromatic nitrogens is 2. The molecule has 2 aliphatic heterocycles. The summed E-state index contributed by atoms with van der Waals surface area (Å²) in [4.78, 5) is 22.4. The molecule has 0 spiro atoms. The average molecular weight is 246 g/mol. The van der Waals surface area contributed by atoms with Crippen molar-refractivity contribution in [1.29, 1.82) is 0 Å². The van der Waals surface area contributed by atoms with Crippen molar-refractivity contribution < 1.29 is 4.79 Å². The van der Waals surface area contributed by atoms with Crippen molar-refractivity contribution in [1.82, 2.24) is 20.2 Å². The molecule has 2 atom stereocenters. The predicted octanol–water partition coefficient (Wildman–Crippen LogP) is 0.609. The quantitative estimate of drug-likeness (QED) is 0.788. The molecule has 1 N–H and O–H groups in total. The molecular weight excluding hydrogens is 228 g/mol. The zero-order valence-electron chi connectivity index (χ0n) is 10.6. The minimum Gasteiger partial charge on any atom is -0.337 e. The third-order valence-electron chi connectivity index (χ3n) is 3.91. The number of aryl methyl sites for hydroxylation is 1. The maximum atomic E-state index is 12.3. The first-order chi connectivity index (χ1) is 8.74. The second-order valence-electron chi connectivity index (χ2n) is 5.19. The molecule has 96 valence electrons. The van der Waals surface area contributed by atoms with E-state index < -0.39 is 0 Å². The van der Waals surface area contributed by atoms with Crippen molar-refractivity contribution in [3.8, 4) is 0 Å². The lowest BCUT2D eigenvalue weighted by Gasteiger charge is -2.24. The van der Waals surface area contributed by atoms with E-state index in [0.717, 1.165) is 19.6 Å². The number of piperidine rings is 1. The van der Waals surface area contributed by atoms with Crippen LogP contribution in [0.2, 0.25) is 0 Å². The number of hydrogen-bond acceptors (Lipinski definition) is 4. The van der Waals surface area contributed by atoms with Gasteiger partial charge in [-0.25, -0.2) is 9.97 Å². The second-order valence-corrected chi connectivity index (χ2v) is 5.19. The van der Waals surface area contributed by atoms with E-state index in [2.05, 4.69) is 15.3 Å². The van der Waals surface area contributed by atoms with Gasteiger partial charge in [-0.1, -0.05) is 0 Å². The van der Waals surface area contributed by atoms with Crippen LogP contribution in [0, 0.1) is 12.8 Å². The summed E-state index contributed by atoms with van der Waals surface area (Å²) in [5.74, 6) is 1.38. The van der Waals surface area contributed by atoms with E-state index in [1.54, 1.807) is 12.4 Å². The fourth-order valence-corrected chi connectivity index (χ4v) is 2.90. The molecule has 3 rings (SSSR count). The van der Waals surface area contributed by atoms with Crippen LogP contribution in [-0.4, -0.2) is 46.5 Å². The molecule has 2 fully saturated rings. The Balaban J connectivity index is 1.72. The van der Waals surface area contributed by atoms with Crippen LogP contribution in [0.3, 0.4) is 0 Å². The van der Waals surface area contributed by atoms with Crippen molar-refractivity contribution in [2.45, 2.75) is 25.8 Å². The van der Waals surface area contributed by atoms with Crippen LogP contribution in [0.1, 0.15) is 29.0 Å². The fraction of sp³-hybridized carbons (Fsp3) is 0.615. The third-order valence-corrected chi connectivity index (χ3v) is 3.91. The van der Waals surface area contributed by atoms with Gasteiger partial charge in [0.1, 0.15) is 5.82 Å². The largest absolute Gasteiger partial charge is 0.337 e. The van der Waals surface area contributed by atoms with Crippen LogP contribution in [0.15, 0.2) is 12.4 Å². The second kappa shape index (κ2) is 4.65. The Kier molecular flexibility index (Phi) is 2.99. The third kappa shape index (κ3) is 2.10. The summed E-state index contributed by atoms with van der Waals surface area (Å²) in [6.07, 6.45) is 5.70. The lowest BCUT2D eigenvalue weighted by atomic mass is 9.94. The number of nitrogens with one attached hydrogen (secondary N) is 1. The van der Waals surface area contributed by atoms with Crippen LogP contribution in [-0.2, 0) is 0 Å². The lowest BCUT2D eigenvalue weighted by molar-refractivity contribution is 0.0784. The molecule has 2 saturated heterocycles. The van der Waals surface area contributed by atoms with Gasteiger partial charge in [-0.05, 0) is 32.2 Å². The number of nitrogens with zero attached hydrogens (tertiary/aromatic N) is 3. The Labute approximate surface area is 107 Å². The van der Waals surface area contributed by atoms with Gasteiger partial charge in [0.2, 0.25) is 0 Å².